The molecule has 43 heavy (non-hydrogen) atoms. The van der Waals surface area contributed by atoms with E-state index in [2.05, 4.69) is 68.9 Å². The number of rotatable bonds is 13. The third-order valence-electron chi connectivity index (χ3n) is 7.76. The molecule has 2 aromatic rings. The molecule has 2 heterocycles. The molecule has 4 N–H and O–H groups in total. The average Bonchev–Trinajstić information content (AvgIpc) is 3.78. The molecule has 11 nitrogen and oxygen atoms in total. The van der Waals surface area contributed by atoms with Crippen molar-refractivity contribution in [1.29, 1.82) is 5.41 Å². The van der Waals surface area contributed by atoms with Crippen LogP contribution in [0.5, 0.6) is 5.75 Å². The van der Waals surface area contributed by atoms with E-state index in [4.69, 9.17) is 21.7 Å². The number of hydrogen-bond acceptors (Lipinski definition) is 11. The molecule has 0 unspecified atom stereocenters. The fourth-order valence-corrected chi connectivity index (χ4v) is 5.99. The van der Waals surface area contributed by atoms with Crippen molar-refractivity contribution in [2.45, 2.75) is 63.7 Å². The molecule has 236 valence electrons. The fraction of sp³-hybridized carbons (Fsp3) is 0.567. The summed E-state index contributed by atoms with van der Waals surface area (Å²) >= 11 is 6.40. The number of piperidine rings is 1. The first-order valence-electron chi connectivity index (χ1n) is 14.8. The number of ether oxygens (including phenoxy) is 1. The van der Waals surface area contributed by atoms with E-state index in [1.807, 2.05) is 0 Å². The van der Waals surface area contributed by atoms with Crippen LogP contribution >= 0.6 is 11.6 Å². The minimum Gasteiger partial charge on any atom is -0.488 e. The van der Waals surface area contributed by atoms with Gasteiger partial charge in [0.05, 0.1) is 28.9 Å². The van der Waals surface area contributed by atoms with Crippen LogP contribution in [-0.2, 0) is 9.84 Å². The lowest BCUT2D eigenvalue weighted by Gasteiger charge is -2.33. The molecule has 1 aliphatic carbocycles. The Labute approximate surface area is 260 Å². The maximum Gasteiger partial charge on any atom is 0.229 e. The lowest BCUT2D eigenvalue weighted by atomic mass is 9.86. The van der Waals surface area contributed by atoms with Crippen molar-refractivity contribution in [1.82, 2.24) is 25.1 Å². The number of anilines is 3. The number of benzene rings is 1. The predicted octanol–water partition coefficient (Wildman–Crippen LogP) is 4.74. The first-order valence-corrected chi connectivity index (χ1v) is 16.8. The second-order valence-corrected chi connectivity index (χ2v) is 14.7. The highest BCUT2D eigenvalue weighted by molar-refractivity contribution is 8.07. The van der Waals surface area contributed by atoms with Gasteiger partial charge in [-0.1, -0.05) is 11.6 Å². The molecule has 0 atom stereocenters. The standard InChI is InChI=1S/C30H45ClN8O3S/c1-19(2)43(40,41)28(32)26(18-33-4)35-29-24(31)17-34-30(37-29)36-25-15-20(3)23(16-27(25)42-22-7-8-22)21-9-11-39(12-10-21)14-13-38(5)6/h15-19,21-22,32-33H,7-14H2,1-6H3,(H2,34,35,36,37)/b26-18+,32-28?. The Morgan fingerprint density at radius 1 is 1.23 bits per heavy atom. The van der Waals surface area contributed by atoms with Crippen molar-refractivity contribution in [3.8, 4) is 5.75 Å². The molecule has 0 spiro atoms. The lowest BCUT2D eigenvalue weighted by Crippen LogP contribution is -2.37. The monoisotopic (exact) mass is 632 g/mol. The summed E-state index contributed by atoms with van der Waals surface area (Å²) in [6.45, 7) is 9.53. The molecule has 1 aliphatic heterocycles. The van der Waals surface area contributed by atoms with Gasteiger partial charge < -0.3 is 30.5 Å². The largest absolute Gasteiger partial charge is 0.488 e. The smallest absolute Gasteiger partial charge is 0.229 e. The second-order valence-electron chi connectivity index (χ2n) is 11.9. The maximum absolute atomic E-state index is 12.7. The normalized spacial score (nSPS) is 16.9. The molecule has 13 heteroatoms. The van der Waals surface area contributed by atoms with Gasteiger partial charge in [-0.3, -0.25) is 5.41 Å². The third kappa shape index (κ3) is 8.59. The van der Waals surface area contributed by atoms with Crippen molar-refractivity contribution in [3.05, 3.63) is 46.4 Å². The Bertz CT molecular complexity index is 1440. The Kier molecular flexibility index (Phi) is 10.9. The molecule has 1 aromatic heterocycles. The Morgan fingerprint density at radius 3 is 2.53 bits per heavy atom. The number of halogens is 1. The highest BCUT2D eigenvalue weighted by Crippen LogP contribution is 2.40. The van der Waals surface area contributed by atoms with Crippen LogP contribution < -0.4 is 20.7 Å². The molecule has 2 fully saturated rings. The number of likely N-dealkylation sites (N-methyl/N-ethyl adjacent to an activating group) is 1. The van der Waals surface area contributed by atoms with Gasteiger partial charge in [0.2, 0.25) is 5.95 Å². The van der Waals surface area contributed by atoms with E-state index in [1.54, 1.807) is 7.05 Å². The molecule has 4 rings (SSSR count). The number of aryl methyl sites for hydroxylation is 1. The second kappa shape index (κ2) is 14.2. The first kappa shape index (κ1) is 33.0. The molecule has 1 saturated heterocycles. The van der Waals surface area contributed by atoms with Gasteiger partial charge in [-0.05, 0) is 103 Å². The zero-order valence-electron chi connectivity index (χ0n) is 26.0. The maximum atomic E-state index is 12.7. The summed E-state index contributed by atoms with van der Waals surface area (Å²) in [5.41, 5.74) is 3.27. The van der Waals surface area contributed by atoms with Crippen LogP contribution in [0.4, 0.5) is 17.5 Å². The molecule has 0 amide bonds. The van der Waals surface area contributed by atoms with Gasteiger partial charge >= 0.3 is 0 Å². The summed E-state index contributed by atoms with van der Waals surface area (Å²) in [6.07, 6.45) is 7.32. The van der Waals surface area contributed by atoms with Crippen LogP contribution in [0, 0.1) is 12.3 Å². The molecular formula is C30H45ClN8O3S. The van der Waals surface area contributed by atoms with Crippen LogP contribution in [0.2, 0.25) is 5.02 Å². The van der Waals surface area contributed by atoms with Crippen molar-refractivity contribution < 1.29 is 13.2 Å². The Hall–Kier alpha value is -2.93. The number of sulfone groups is 1. The summed E-state index contributed by atoms with van der Waals surface area (Å²) in [6, 6.07) is 4.27. The summed E-state index contributed by atoms with van der Waals surface area (Å²) < 4.78 is 31.7. The quantitative estimate of drug-likeness (QED) is 0.181. The van der Waals surface area contributed by atoms with Gasteiger partial charge in [-0.2, -0.15) is 4.98 Å². The zero-order chi connectivity index (χ0) is 31.3. The molecule has 2 aliphatic rings. The SMILES string of the molecule is CN/C=C(/Nc1nc(Nc2cc(C)c(C3CCN(CCN(C)C)CC3)cc2OC2CC2)ncc1Cl)C(=N)S(=O)(=O)C(C)C. The Morgan fingerprint density at radius 2 is 1.93 bits per heavy atom. The zero-order valence-corrected chi connectivity index (χ0v) is 27.6. The van der Waals surface area contributed by atoms with Gasteiger partial charge in [0.25, 0.3) is 0 Å². The van der Waals surface area contributed by atoms with Gasteiger partial charge in [0, 0.05) is 26.3 Å². The number of nitrogens with one attached hydrogen (secondary N) is 4. The summed E-state index contributed by atoms with van der Waals surface area (Å²) in [5, 5.41) is 16.2. The molecular weight excluding hydrogens is 588 g/mol. The molecule has 0 bridgehead atoms. The van der Waals surface area contributed by atoms with Crippen molar-refractivity contribution in [2.75, 3.05) is 58.0 Å². The first-order chi connectivity index (χ1) is 20.4. The van der Waals surface area contributed by atoms with Crippen molar-refractivity contribution in [2.24, 2.45) is 0 Å². The van der Waals surface area contributed by atoms with E-state index in [9.17, 15) is 8.42 Å². The molecule has 1 saturated carbocycles. The van der Waals surface area contributed by atoms with Gasteiger partial charge in [-0.25, -0.2) is 13.4 Å². The predicted molar refractivity (Wildman–Crippen MR) is 175 cm³/mol. The van der Waals surface area contributed by atoms with Crippen LogP contribution in [0.25, 0.3) is 0 Å². The summed E-state index contributed by atoms with van der Waals surface area (Å²) in [5.74, 6) is 1.68. The third-order valence-corrected chi connectivity index (χ3v) is 10.1. The number of nitrogens with zero attached hydrogens (tertiary/aromatic N) is 4. The van der Waals surface area contributed by atoms with E-state index in [1.165, 1.54) is 37.4 Å². The van der Waals surface area contributed by atoms with Crippen molar-refractivity contribution >= 4 is 43.9 Å². The highest BCUT2D eigenvalue weighted by atomic mass is 35.5. The summed E-state index contributed by atoms with van der Waals surface area (Å²) in [7, 11) is 2.01. The van der Waals surface area contributed by atoms with E-state index < -0.39 is 20.1 Å². The van der Waals surface area contributed by atoms with Crippen molar-refractivity contribution in [3.63, 3.8) is 0 Å². The van der Waals surface area contributed by atoms with Gasteiger partial charge in [0.1, 0.15) is 10.8 Å². The molecule has 1 aromatic carbocycles. The highest BCUT2D eigenvalue weighted by Gasteiger charge is 2.29. The number of hydrogen-bond donors (Lipinski definition) is 4. The van der Waals surface area contributed by atoms with Crippen LogP contribution in [0.3, 0.4) is 0 Å². The minimum atomic E-state index is -3.84. The summed E-state index contributed by atoms with van der Waals surface area (Å²) in [4.78, 5) is 13.7. The van der Waals surface area contributed by atoms with Crippen LogP contribution in [0.1, 0.15) is 56.6 Å². The van der Waals surface area contributed by atoms with Crippen LogP contribution in [0.15, 0.2) is 30.2 Å². The van der Waals surface area contributed by atoms with Gasteiger partial charge in [0.15, 0.2) is 20.7 Å². The van der Waals surface area contributed by atoms with Gasteiger partial charge in [-0.15, -0.1) is 0 Å². The minimum absolute atomic E-state index is 0.0217. The average molecular weight is 633 g/mol. The number of likely N-dealkylation sites (tertiary alicyclic amines) is 1. The van der Waals surface area contributed by atoms with E-state index in [-0.39, 0.29) is 28.6 Å². The topological polar surface area (TPSA) is 136 Å². The fourth-order valence-electron chi connectivity index (χ4n) is 4.97. The number of aromatic nitrogens is 2. The van der Waals surface area contributed by atoms with Crippen LogP contribution in [-0.4, -0.2) is 91.9 Å². The van der Waals surface area contributed by atoms with E-state index in [0.29, 0.717) is 5.92 Å². The lowest BCUT2D eigenvalue weighted by molar-refractivity contribution is 0.193. The molecule has 0 radical (unpaired) electrons. The van der Waals surface area contributed by atoms with E-state index in [0.717, 1.165) is 63.3 Å². The van der Waals surface area contributed by atoms with E-state index >= 15 is 0 Å². The Balaban J connectivity index is 1.55.